The molecule has 0 amide bonds. The molecule has 0 bridgehead atoms. The monoisotopic (exact) mass is 187 g/mol. The third kappa shape index (κ3) is 1.33. The van der Waals surface area contributed by atoms with Crippen molar-refractivity contribution in [2.24, 2.45) is 7.05 Å². The van der Waals surface area contributed by atoms with E-state index >= 15 is 0 Å². The van der Waals surface area contributed by atoms with Crippen molar-refractivity contribution in [3.05, 3.63) is 33.2 Å². The Morgan fingerprint density at radius 2 is 2.17 bits per heavy atom. The minimum absolute atomic E-state index is 0.0602. The fourth-order valence-corrected chi connectivity index (χ4v) is 0.999. The highest BCUT2D eigenvalue weighted by atomic mass is 35.5. The van der Waals surface area contributed by atoms with Gasteiger partial charge in [0.2, 0.25) is 0 Å². The first kappa shape index (κ1) is 8.80. The van der Waals surface area contributed by atoms with Gasteiger partial charge in [0.15, 0.2) is 0 Å². The lowest BCUT2D eigenvalue weighted by Crippen LogP contribution is -2.18. The Hall–Kier alpha value is -1.29. The molecule has 1 aromatic rings. The number of rotatable bonds is 1. The minimum Gasteiger partial charge on any atom is -0.478 e. The van der Waals surface area contributed by atoms with Crippen molar-refractivity contribution in [2.75, 3.05) is 0 Å². The van der Waals surface area contributed by atoms with Crippen molar-refractivity contribution in [1.82, 2.24) is 4.57 Å². The third-order valence-corrected chi connectivity index (χ3v) is 1.93. The van der Waals surface area contributed by atoms with E-state index in [-0.39, 0.29) is 16.3 Å². The lowest BCUT2D eigenvalue weighted by atomic mass is 10.3. The summed E-state index contributed by atoms with van der Waals surface area (Å²) in [7, 11) is 1.41. The molecule has 5 heteroatoms. The maximum absolute atomic E-state index is 10.9. The van der Waals surface area contributed by atoms with Crippen LogP contribution in [0, 0.1) is 0 Å². The van der Waals surface area contributed by atoms with Gasteiger partial charge in [0.25, 0.3) is 5.56 Å². The van der Waals surface area contributed by atoms with E-state index < -0.39 is 5.97 Å². The van der Waals surface area contributed by atoms with Gasteiger partial charge >= 0.3 is 5.97 Å². The highest BCUT2D eigenvalue weighted by molar-refractivity contribution is 6.32. The molecule has 1 N–H and O–H groups in total. The number of aromatic carboxylic acids is 1. The van der Waals surface area contributed by atoms with Crippen LogP contribution >= 0.6 is 11.6 Å². The van der Waals surface area contributed by atoms with E-state index in [4.69, 9.17) is 16.7 Å². The maximum atomic E-state index is 10.9. The van der Waals surface area contributed by atoms with Crippen molar-refractivity contribution in [3.8, 4) is 0 Å². The fraction of sp³-hybridized carbons (Fsp3) is 0.143. The number of carboxylic acid groups (broad SMARTS) is 1. The van der Waals surface area contributed by atoms with E-state index in [1.807, 2.05) is 0 Å². The van der Waals surface area contributed by atoms with Gasteiger partial charge in [0.1, 0.15) is 5.15 Å². The van der Waals surface area contributed by atoms with Crippen LogP contribution in [0.1, 0.15) is 10.4 Å². The van der Waals surface area contributed by atoms with Crippen LogP contribution in [-0.2, 0) is 7.05 Å². The second-order valence-corrected chi connectivity index (χ2v) is 2.60. The topological polar surface area (TPSA) is 59.3 Å². The Bertz CT molecular complexity index is 383. The number of nitrogens with zero attached hydrogens (tertiary/aromatic N) is 1. The van der Waals surface area contributed by atoms with Gasteiger partial charge in [-0.25, -0.2) is 4.79 Å². The summed E-state index contributed by atoms with van der Waals surface area (Å²) < 4.78 is 1.07. The molecule has 64 valence electrons. The molecule has 0 aliphatic rings. The Morgan fingerprint density at radius 1 is 1.58 bits per heavy atom. The van der Waals surface area contributed by atoms with Crippen molar-refractivity contribution in [3.63, 3.8) is 0 Å². The highest BCUT2D eigenvalue weighted by Gasteiger charge is 2.10. The van der Waals surface area contributed by atoms with Crippen molar-refractivity contribution >= 4 is 17.6 Å². The molecule has 0 aromatic carbocycles. The Balaban J connectivity index is 3.47. The van der Waals surface area contributed by atoms with Gasteiger partial charge in [-0.05, 0) is 6.07 Å². The molecule has 0 aliphatic carbocycles. The van der Waals surface area contributed by atoms with Crippen LogP contribution in [0.3, 0.4) is 0 Å². The largest absolute Gasteiger partial charge is 0.478 e. The van der Waals surface area contributed by atoms with Crippen LogP contribution in [-0.4, -0.2) is 15.6 Å². The summed E-state index contributed by atoms with van der Waals surface area (Å²) in [6.45, 7) is 0. The summed E-state index contributed by atoms with van der Waals surface area (Å²) in [5, 5.41) is 8.52. The average molecular weight is 188 g/mol. The molecular formula is C7H6ClNO3. The average Bonchev–Trinajstić information content (AvgIpc) is 2.00. The SMILES string of the molecule is Cn1c(Cl)c(C(=O)O)ccc1=O. The number of carbonyl (C=O) groups is 1. The van der Waals surface area contributed by atoms with Crippen molar-refractivity contribution in [1.29, 1.82) is 0 Å². The molecule has 0 aliphatic heterocycles. The van der Waals surface area contributed by atoms with Crippen molar-refractivity contribution < 1.29 is 9.90 Å². The first-order valence-electron chi connectivity index (χ1n) is 3.13. The second-order valence-electron chi connectivity index (χ2n) is 2.24. The van der Waals surface area contributed by atoms with E-state index in [0.717, 1.165) is 10.6 Å². The van der Waals surface area contributed by atoms with Crippen LogP contribution in [0.15, 0.2) is 16.9 Å². The number of halogens is 1. The van der Waals surface area contributed by atoms with E-state index in [0.29, 0.717) is 0 Å². The van der Waals surface area contributed by atoms with Crippen LogP contribution in [0.4, 0.5) is 0 Å². The van der Waals surface area contributed by atoms with Gasteiger partial charge < -0.3 is 9.67 Å². The molecule has 4 nitrogen and oxygen atoms in total. The maximum Gasteiger partial charge on any atom is 0.338 e. The van der Waals surface area contributed by atoms with Gasteiger partial charge in [0.05, 0.1) is 5.56 Å². The second kappa shape index (κ2) is 2.98. The molecule has 0 fully saturated rings. The van der Waals surface area contributed by atoms with Crippen LogP contribution in [0.5, 0.6) is 0 Å². The van der Waals surface area contributed by atoms with E-state index in [1.54, 1.807) is 0 Å². The number of carboxylic acids is 1. The lowest BCUT2D eigenvalue weighted by molar-refractivity contribution is 0.0696. The molecule has 0 saturated heterocycles. The van der Waals surface area contributed by atoms with Crippen molar-refractivity contribution in [2.45, 2.75) is 0 Å². The van der Waals surface area contributed by atoms with E-state index in [2.05, 4.69) is 0 Å². The molecule has 0 radical (unpaired) electrons. The number of hydrogen-bond donors (Lipinski definition) is 1. The molecule has 1 rings (SSSR count). The van der Waals surface area contributed by atoms with Gasteiger partial charge in [-0.2, -0.15) is 0 Å². The summed E-state index contributed by atoms with van der Waals surface area (Å²) >= 11 is 5.58. The van der Waals surface area contributed by atoms with E-state index in [9.17, 15) is 9.59 Å². The number of aromatic nitrogens is 1. The summed E-state index contributed by atoms with van der Waals surface area (Å²) in [5.74, 6) is -1.14. The minimum atomic E-state index is -1.14. The lowest BCUT2D eigenvalue weighted by Gasteiger charge is -2.02. The summed E-state index contributed by atoms with van der Waals surface area (Å²) in [6, 6.07) is 2.35. The predicted molar refractivity (Wildman–Crippen MR) is 43.7 cm³/mol. The smallest absolute Gasteiger partial charge is 0.338 e. The predicted octanol–water partition coefficient (Wildman–Crippen LogP) is 0.737. The number of pyridine rings is 1. The fourth-order valence-electron chi connectivity index (χ4n) is 0.772. The summed E-state index contributed by atoms with van der Waals surface area (Å²) in [4.78, 5) is 21.4. The first-order valence-corrected chi connectivity index (χ1v) is 3.50. The highest BCUT2D eigenvalue weighted by Crippen LogP contribution is 2.11. The zero-order valence-corrected chi connectivity index (χ0v) is 7.00. The normalized spacial score (nSPS) is 9.83. The van der Waals surface area contributed by atoms with Gasteiger partial charge in [-0.3, -0.25) is 4.79 Å². The molecular weight excluding hydrogens is 182 g/mol. The van der Waals surface area contributed by atoms with Crippen LogP contribution < -0.4 is 5.56 Å². The molecule has 0 spiro atoms. The van der Waals surface area contributed by atoms with Gasteiger partial charge in [0, 0.05) is 13.1 Å². The first-order chi connectivity index (χ1) is 5.54. The quantitative estimate of drug-likeness (QED) is 0.660. The molecule has 0 saturated carbocycles. The Kier molecular flexibility index (Phi) is 2.19. The van der Waals surface area contributed by atoms with Gasteiger partial charge in [-0.15, -0.1) is 0 Å². The zero-order valence-electron chi connectivity index (χ0n) is 6.24. The summed E-state index contributed by atoms with van der Waals surface area (Å²) in [6.07, 6.45) is 0. The molecule has 0 unspecified atom stereocenters. The van der Waals surface area contributed by atoms with Crippen LogP contribution in [0.25, 0.3) is 0 Å². The van der Waals surface area contributed by atoms with E-state index in [1.165, 1.54) is 13.1 Å². The molecule has 1 heterocycles. The molecule has 1 aromatic heterocycles. The third-order valence-electron chi connectivity index (χ3n) is 1.47. The standard InChI is InChI=1S/C7H6ClNO3/c1-9-5(10)3-2-4(6(9)8)7(11)12/h2-3H,1H3,(H,11,12). The molecule has 12 heavy (non-hydrogen) atoms. The molecule has 0 atom stereocenters. The zero-order chi connectivity index (χ0) is 9.30. The summed E-state index contributed by atoms with van der Waals surface area (Å²) in [5.41, 5.74) is -0.399. The number of hydrogen-bond acceptors (Lipinski definition) is 2. The Labute approximate surface area is 73.0 Å². The van der Waals surface area contributed by atoms with Crippen LogP contribution in [0.2, 0.25) is 5.15 Å². The Morgan fingerprint density at radius 3 is 2.67 bits per heavy atom. The van der Waals surface area contributed by atoms with Gasteiger partial charge in [-0.1, -0.05) is 11.6 Å².